The molecule has 0 saturated heterocycles. The van der Waals surface area contributed by atoms with Gasteiger partial charge < -0.3 is 0 Å². The molecule has 0 amide bonds. The summed E-state index contributed by atoms with van der Waals surface area (Å²) in [5.41, 5.74) is 0. The molecule has 0 aliphatic heterocycles. The van der Waals surface area contributed by atoms with Gasteiger partial charge in [-0.1, -0.05) is 4.49 Å². The Labute approximate surface area is 92.6 Å². The summed E-state index contributed by atoms with van der Waals surface area (Å²) < 4.78 is 28.1. The van der Waals surface area contributed by atoms with Gasteiger partial charge in [-0.25, -0.2) is 4.39 Å². The first kappa shape index (κ1) is 10.4. The Morgan fingerprint density at radius 1 is 1.33 bits per heavy atom. The summed E-state index contributed by atoms with van der Waals surface area (Å²) in [5, 5.41) is 3.66. The average Bonchev–Trinajstić information content (AvgIpc) is 2.71. The van der Waals surface area contributed by atoms with Crippen LogP contribution in [0.2, 0.25) is 0 Å². The second-order valence-corrected chi connectivity index (χ2v) is 5.15. The first-order valence-corrected chi connectivity index (χ1v) is 6.25. The second-order valence-electron chi connectivity index (χ2n) is 2.83. The molecule has 0 saturated carbocycles. The number of aromatic nitrogens is 2. The Balaban J connectivity index is 2.11. The molecule has 2 aromatic rings. The largest absolute Gasteiger partial charge is 0.254 e. The predicted octanol–water partition coefficient (Wildman–Crippen LogP) is 1.98. The highest BCUT2D eigenvalue weighted by Crippen LogP contribution is 2.14. The van der Waals surface area contributed by atoms with Crippen LogP contribution in [-0.2, 0) is 16.6 Å². The minimum Gasteiger partial charge on any atom is -0.254 e. The van der Waals surface area contributed by atoms with Gasteiger partial charge in [0.1, 0.15) is 5.82 Å². The summed E-state index contributed by atoms with van der Waals surface area (Å²) in [7, 11) is -1.16. The molecule has 1 unspecified atom stereocenters. The van der Waals surface area contributed by atoms with Gasteiger partial charge in [0.15, 0.2) is 0 Å². The number of hydrogen-bond donors (Lipinski definition) is 0. The van der Waals surface area contributed by atoms with E-state index in [4.69, 9.17) is 0 Å². The summed E-state index contributed by atoms with van der Waals surface area (Å²) in [6.45, 7) is 0. The van der Waals surface area contributed by atoms with Crippen LogP contribution in [0.5, 0.6) is 0 Å². The third kappa shape index (κ3) is 2.66. The lowest BCUT2D eigenvalue weighted by Crippen LogP contribution is -1.94. The van der Waals surface area contributed by atoms with E-state index >= 15 is 0 Å². The van der Waals surface area contributed by atoms with Crippen molar-refractivity contribution in [1.82, 2.24) is 9.59 Å². The van der Waals surface area contributed by atoms with E-state index in [0.717, 1.165) is 4.88 Å². The van der Waals surface area contributed by atoms with Crippen LogP contribution in [0.4, 0.5) is 4.39 Å². The fourth-order valence-electron chi connectivity index (χ4n) is 1.05. The van der Waals surface area contributed by atoms with Gasteiger partial charge >= 0.3 is 0 Å². The first-order chi connectivity index (χ1) is 7.25. The molecule has 3 nitrogen and oxygen atoms in total. The molecule has 0 N–H and O–H groups in total. The monoisotopic (exact) mass is 242 g/mol. The zero-order valence-corrected chi connectivity index (χ0v) is 9.22. The Kier molecular flexibility index (Phi) is 3.17. The van der Waals surface area contributed by atoms with Crippen LogP contribution in [0, 0.1) is 5.82 Å². The van der Waals surface area contributed by atoms with Crippen LogP contribution < -0.4 is 0 Å². The van der Waals surface area contributed by atoms with Gasteiger partial charge in [0.2, 0.25) is 0 Å². The molecular weight excluding hydrogens is 235 g/mol. The summed E-state index contributed by atoms with van der Waals surface area (Å²) in [4.78, 5) is 1.47. The van der Waals surface area contributed by atoms with Gasteiger partial charge in [0.25, 0.3) is 0 Å². The minimum atomic E-state index is -1.16. The Morgan fingerprint density at radius 3 is 2.67 bits per heavy atom. The Hall–Kier alpha value is -1.14. The zero-order chi connectivity index (χ0) is 10.7. The van der Waals surface area contributed by atoms with Gasteiger partial charge in [0.05, 0.1) is 27.6 Å². The standard InChI is InChI=1S/C9H7FN2OS2/c10-7-1-3-9(4-2-7)15(13)6-8-5-11-12-14-8/h1-5H,6H2. The third-order valence-corrected chi connectivity index (χ3v) is 3.97. The van der Waals surface area contributed by atoms with Crippen molar-refractivity contribution in [1.29, 1.82) is 0 Å². The van der Waals surface area contributed by atoms with Crippen LogP contribution in [0.25, 0.3) is 0 Å². The number of benzene rings is 1. The van der Waals surface area contributed by atoms with Crippen LogP contribution in [-0.4, -0.2) is 13.8 Å². The highest BCUT2D eigenvalue weighted by atomic mass is 32.2. The van der Waals surface area contributed by atoms with Crippen molar-refractivity contribution in [2.24, 2.45) is 0 Å². The maximum absolute atomic E-state index is 12.6. The molecule has 0 bridgehead atoms. The summed E-state index contributed by atoms with van der Waals surface area (Å²) in [5.74, 6) is 0.0544. The fraction of sp³-hybridized carbons (Fsp3) is 0.111. The van der Waals surface area contributed by atoms with Crippen LogP contribution in [0.3, 0.4) is 0 Å². The third-order valence-electron chi connectivity index (χ3n) is 1.76. The number of rotatable bonds is 3. The maximum Gasteiger partial charge on any atom is 0.123 e. The Bertz CT molecular complexity index is 455. The van der Waals surface area contributed by atoms with Crippen molar-refractivity contribution < 1.29 is 8.60 Å². The molecule has 1 aromatic heterocycles. The molecule has 0 fully saturated rings. The van der Waals surface area contributed by atoms with Crippen LogP contribution in [0.15, 0.2) is 35.4 Å². The van der Waals surface area contributed by atoms with Crippen molar-refractivity contribution in [3.05, 3.63) is 41.2 Å². The summed E-state index contributed by atoms with van der Waals surface area (Å²) in [6, 6.07) is 5.66. The maximum atomic E-state index is 12.6. The highest BCUT2D eigenvalue weighted by Gasteiger charge is 2.06. The van der Waals surface area contributed by atoms with E-state index < -0.39 is 10.8 Å². The Morgan fingerprint density at radius 2 is 2.07 bits per heavy atom. The molecule has 6 heteroatoms. The van der Waals surface area contributed by atoms with E-state index in [1.165, 1.54) is 35.8 Å². The normalized spacial score (nSPS) is 12.6. The van der Waals surface area contributed by atoms with E-state index in [2.05, 4.69) is 9.59 Å². The number of halogens is 1. The molecule has 1 aromatic carbocycles. The lowest BCUT2D eigenvalue weighted by molar-refractivity contribution is 0.626. The lowest BCUT2D eigenvalue weighted by atomic mass is 10.4. The predicted molar refractivity (Wildman–Crippen MR) is 56.4 cm³/mol. The lowest BCUT2D eigenvalue weighted by Gasteiger charge is -1.99. The molecule has 78 valence electrons. The highest BCUT2D eigenvalue weighted by molar-refractivity contribution is 7.84. The molecule has 2 rings (SSSR count). The molecule has 0 radical (unpaired) electrons. The van der Waals surface area contributed by atoms with E-state index in [0.29, 0.717) is 10.6 Å². The number of hydrogen-bond acceptors (Lipinski definition) is 4. The average molecular weight is 242 g/mol. The van der Waals surface area contributed by atoms with E-state index in [-0.39, 0.29) is 5.82 Å². The van der Waals surface area contributed by atoms with Gasteiger partial charge in [-0.15, -0.1) is 5.10 Å². The molecule has 0 spiro atoms. The molecule has 1 atom stereocenters. The fourth-order valence-corrected chi connectivity index (χ4v) is 2.81. The van der Waals surface area contributed by atoms with Crippen molar-refractivity contribution in [2.75, 3.05) is 0 Å². The smallest absolute Gasteiger partial charge is 0.123 e. The van der Waals surface area contributed by atoms with Crippen LogP contribution in [0.1, 0.15) is 4.88 Å². The summed E-state index contributed by atoms with van der Waals surface area (Å²) in [6.07, 6.45) is 1.59. The van der Waals surface area contributed by atoms with Crippen molar-refractivity contribution >= 4 is 22.3 Å². The van der Waals surface area contributed by atoms with Gasteiger partial charge in [-0.05, 0) is 35.8 Å². The second kappa shape index (κ2) is 4.59. The SMILES string of the molecule is O=S(Cc1cnns1)c1ccc(F)cc1. The van der Waals surface area contributed by atoms with Crippen LogP contribution >= 0.6 is 11.5 Å². The molecule has 0 aliphatic carbocycles. The summed E-state index contributed by atoms with van der Waals surface area (Å²) >= 11 is 1.22. The number of nitrogens with zero attached hydrogens (tertiary/aromatic N) is 2. The molecule has 15 heavy (non-hydrogen) atoms. The quantitative estimate of drug-likeness (QED) is 0.826. The minimum absolute atomic E-state index is 0.324. The molecule has 0 aliphatic rings. The van der Waals surface area contributed by atoms with Gasteiger partial charge in [0, 0.05) is 4.90 Å². The van der Waals surface area contributed by atoms with Gasteiger partial charge in [-0.3, -0.25) is 4.21 Å². The molecular formula is C9H7FN2OS2. The first-order valence-electron chi connectivity index (χ1n) is 4.16. The van der Waals surface area contributed by atoms with Gasteiger partial charge in [-0.2, -0.15) is 0 Å². The van der Waals surface area contributed by atoms with E-state index in [9.17, 15) is 8.60 Å². The molecule has 1 heterocycles. The van der Waals surface area contributed by atoms with E-state index in [1.54, 1.807) is 6.20 Å². The van der Waals surface area contributed by atoms with Crippen molar-refractivity contribution in [2.45, 2.75) is 10.6 Å². The topological polar surface area (TPSA) is 42.9 Å². The van der Waals surface area contributed by atoms with Crippen molar-refractivity contribution in [3.63, 3.8) is 0 Å². The zero-order valence-electron chi connectivity index (χ0n) is 7.59. The van der Waals surface area contributed by atoms with E-state index in [1.807, 2.05) is 0 Å². The van der Waals surface area contributed by atoms with Crippen molar-refractivity contribution in [3.8, 4) is 0 Å².